The summed E-state index contributed by atoms with van der Waals surface area (Å²) in [6, 6.07) is 8.08. The largest absolute Gasteiger partial charge is 0.360 e. The summed E-state index contributed by atoms with van der Waals surface area (Å²) >= 11 is 5.74. The van der Waals surface area contributed by atoms with Crippen LogP contribution in [0.25, 0.3) is 10.8 Å². The summed E-state index contributed by atoms with van der Waals surface area (Å²) in [5.74, 6) is 2.27. The molecule has 4 rings (SSSR count). The van der Waals surface area contributed by atoms with Crippen LogP contribution in [0.1, 0.15) is 19.8 Å². The maximum Gasteiger partial charge on any atom is 0.169 e. The molecule has 106 valence electrons. The van der Waals surface area contributed by atoms with Gasteiger partial charge in [0, 0.05) is 10.8 Å². The Kier molecular flexibility index (Phi) is 2.57. The molecule has 0 unspecified atom stereocenters. The number of nitrogens with one attached hydrogen (secondary N) is 1. The Morgan fingerprint density at radius 1 is 1.38 bits per heavy atom. The molecule has 1 aliphatic carbocycles. The van der Waals surface area contributed by atoms with Crippen LogP contribution in [0.15, 0.2) is 42.9 Å². The molecule has 1 aliphatic heterocycles. The van der Waals surface area contributed by atoms with Gasteiger partial charge in [-0.15, -0.1) is 5.10 Å². The van der Waals surface area contributed by atoms with Gasteiger partial charge >= 0.3 is 0 Å². The molecule has 1 aromatic heterocycles. The van der Waals surface area contributed by atoms with Crippen molar-refractivity contribution >= 4 is 33.8 Å². The molecular weight excluding hydrogens is 280 g/mol. The zero-order valence-corrected chi connectivity index (χ0v) is 12.7. The number of anilines is 1. The van der Waals surface area contributed by atoms with Gasteiger partial charge in [0.2, 0.25) is 0 Å². The van der Waals surface area contributed by atoms with Crippen molar-refractivity contribution in [2.45, 2.75) is 25.3 Å². The molecule has 2 fully saturated rings. The zero-order valence-electron chi connectivity index (χ0n) is 11.8. The van der Waals surface area contributed by atoms with Gasteiger partial charge in [0.1, 0.15) is 10.8 Å². The van der Waals surface area contributed by atoms with Gasteiger partial charge in [0.05, 0.1) is 11.7 Å². The van der Waals surface area contributed by atoms with Crippen LogP contribution in [-0.2, 0) is 0 Å². The van der Waals surface area contributed by atoms with Gasteiger partial charge in [-0.3, -0.25) is 4.90 Å². The molecule has 1 spiro atoms. The highest BCUT2D eigenvalue weighted by molar-refractivity contribution is 7.80. The molecule has 2 heterocycles. The van der Waals surface area contributed by atoms with Crippen LogP contribution in [0.4, 0.5) is 5.82 Å². The van der Waals surface area contributed by atoms with Crippen molar-refractivity contribution in [1.82, 2.24) is 15.5 Å². The third-order valence-corrected chi connectivity index (χ3v) is 5.00. The standard InChI is InChI=1S/C16H16N4S/c1-10-7-16(8-10)15(21)20(11(2)18-16)14-13-6-4-3-5-12(13)9-17-19-14/h3-6,9-10,18H,2,7-8H2,1H3. The van der Waals surface area contributed by atoms with E-state index in [-0.39, 0.29) is 5.54 Å². The van der Waals surface area contributed by atoms with Crippen LogP contribution < -0.4 is 10.2 Å². The number of aromatic nitrogens is 2. The van der Waals surface area contributed by atoms with E-state index in [1.807, 2.05) is 29.2 Å². The molecule has 1 saturated carbocycles. The molecule has 5 heteroatoms. The summed E-state index contributed by atoms with van der Waals surface area (Å²) in [6.45, 7) is 6.38. The van der Waals surface area contributed by atoms with E-state index in [1.165, 1.54) is 0 Å². The zero-order chi connectivity index (χ0) is 14.6. The third-order valence-electron chi connectivity index (χ3n) is 4.42. The van der Waals surface area contributed by atoms with Crippen molar-refractivity contribution in [2.24, 2.45) is 5.92 Å². The minimum Gasteiger partial charge on any atom is -0.360 e. The van der Waals surface area contributed by atoms with E-state index in [9.17, 15) is 0 Å². The summed E-state index contributed by atoms with van der Waals surface area (Å²) in [6.07, 6.45) is 3.88. The smallest absolute Gasteiger partial charge is 0.169 e. The first-order valence-corrected chi connectivity index (χ1v) is 7.54. The molecule has 2 aromatic rings. The Hall–Kier alpha value is -2.01. The van der Waals surface area contributed by atoms with Crippen LogP contribution in [0.2, 0.25) is 0 Å². The number of nitrogens with zero attached hydrogens (tertiary/aromatic N) is 3. The lowest BCUT2D eigenvalue weighted by Gasteiger charge is -2.43. The topological polar surface area (TPSA) is 41.0 Å². The van der Waals surface area contributed by atoms with Gasteiger partial charge in [0.25, 0.3) is 0 Å². The average Bonchev–Trinajstić information content (AvgIpc) is 2.70. The highest BCUT2D eigenvalue weighted by Gasteiger charge is 2.53. The van der Waals surface area contributed by atoms with Crippen LogP contribution in [0, 0.1) is 5.92 Å². The third kappa shape index (κ3) is 1.70. The first-order valence-electron chi connectivity index (χ1n) is 7.13. The molecule has 1 saturated heterocycles. The summed E-state index contributed by atoms with van der Waals surface area (Å²) in [4.78, 5) is 2.83. The van der Waals surface area contributed by atoms with E-state index in [2.05, 4.69) is 29.0 Å². The van der Waals surface area contributed by atoms with E-state index in [4.69, 9.17) is 12.2 Å². The SMILES string of the molecule is C=C1NC2(CC(C)C2)C(=S)N1c1nncc2ccccc12. The molecule has 0 atom stereocenters. The predicted molar refractivity (Wildman–Crippen MR) is 88.0 cm³/mol. The van der Waals surface area contributed by atoms with E-state index >= 15 is 0 Å². The Morgan fingerprint density at radius 3 is 2.90 bits per heavy atom. The van der Waals surface area contributed by atoms with Crippen LogP contribution in [0.3, 0.4) is 0 Å². The van der Waals surface area contributed by atoms with Gasteiger partial charge < -0.3 is 5.32 Å². The fourth-order valence-corrected chi connectivity index (χ4v) is 3.95. The number of fused-ring (bicyclic) bond motifs is 1. The van der Waals surface area contributed by atoms with Gasteiger partial charge in [-0.1, -0.05) is 50.0 Å². The first kappa shape index (κ1) is 12.7. The van der Waals surface area contributed by atoms with Gasteiger partial charge in [-0.25, -0.2) is 0 Å². The monoisotopic (exact) mass is 296 g/mol. The van der Waals surface area contributed by atoms with E-state index in [0.717, 1.165) is 40.2 Å². The Morgan fingerprint density at radius 2 is 2.14 bits per heavy atom. The molecule has 1 aromatic carbocycles. The van der Waals surface area contributed by atoms with Crippen molar-refractivity contribution < 1.29 is 0 Å². The quantitative estimate of drug-likeness (QED) is 0.819. The molecule has 1 N–H and O–H groups in total. The Bertz CT molecular complexity index is 758. The van der Waals surface area contributed by atoms with Crippen molar-refractivity contribution in [3.63, 3.8) is 0 Å². The number of thiocarbonyl (C=S) groups is 1. The molecule has 0 bridgehead atoms. The number of hydrogen-bond donors (Lipinski definition) is 1. The Labute approximate surface area is 128 Å². The summed E-state index contributed by atoms with van der Waals surface area (Å²) in [5, 5.41) is 14.0. The summed E-state index contributed by atoms with van der Waals surface area (Å²) in [5.41, 5.74) is -0.107. The van der Waals surface area contributed by atoms with Crippen molar-refractivity contribution in [2.75, 3.05) is 4.90 Å². The second-order valence-corrected chi connectivity index (χ2v) is 6.45. The predicted octanol–water partition coefficient (Wildman–Crippen LogP) is 3.01. The summed E-state index contributed by atoms with van der Waals surface area (Å²) < 4.78 is 0. The molecule has 0 radical (unpaired) electrons. The maximum atomic E-state index is 5.74. The van der Waals surface area contributed by atoms with Crippen molar-refractivity contribution in [3.05, 3.63) is 42.9 Å². The first-order chi connectivity index (χ1) is 10.1. The Balaban J connectivity index is 1.82. The van der Waals surface area contributed by atoms with Crippen LogP contribution in [0.5, 0.6) is 0 Å². The highest BCUT2D eigenvalue weighted by atomic mass is 32.1. The lowest BCUT2D eigenvalue weighted by Crippen LogP contribution is -2.55. The molecule has 0 amide bonds. The van der Waals surface area contributed by atoms with Gasteiger partial charge in [-0.2, -0.15) is 5.10 Å². The van der Waals surface area contributed by atoms with Crippen molar-refractivity contribution in [3.8, 4) is 0 Å². The van der Waals surface area contributed by atoms with E-state index in [0.29, 0.717) is 5.92 Å². The highest BCUT2D eigenvalue weighted by Crippen LogP contribution is 2.45. The van der Waals surface area contributed by atoms with E-state index < -0.39 is 0 Å². The van der Waals surface area contributed by atoms with Crippen LogP contribution >= 0.6 is 12.2 Å². The molecular formula is C16H16N4S. The minimum atomic E-state index is -0.107. The minimum absolute atomic E-state index is 0.107. The van der Waals surface area contributed by atoms with E-state index in [1.54, 1.807) is 6.20 Å². The number of hydrogen-bond acceptors (Lipinski definition) is 4. The maximum absolute atomic E-state index is 5.74. The normalized spacial score (nSPS) is 28.0. The lowest BCUT2D eigenvalue weighted by atomic mass is 9.69. The average molecular weight is 296 g/mol. The molecule has 21 heavy (non-hydrogen) atoms. The molecule has 4 nitrogen and oxygen atoms in total. The number of rotatable bonds is 1. The second kappa shape index (κ2) is 4.24. The fourth-order valence-electron chi connectivity index (χ4n) is 3.53. The summed E-state index contributed by atoms with van der Waals surface area (Å²) in [7, 11) is 0. The molecule has 2 aliphatic rings. The fraction of sp³-hybridized carbons (Fsp3) is 0.312. The van der Waals surface area contributed by atoms with Gasteiger partial charge in [-0.05, 0) is 18.8 Å². The second-order valence-electron chi connectivity index (χ2n) is 6.06. The van der Waals surface area contributed by atoms with Crippen molar-refractivity contribution in [1.29, 1.82) is 0 Å². The van der Waals surface area contributed by atoms with Gasteiger partial charge in [0.15, 0.2) is 5.82 Å². The van der Waals surface area contributed by atoms with Crippen LogP contribution in [-0.4, -0.2) is 20.7 Å². The lowest BCUT2D eigenvalue weighted by molar-refractivity contribution is 0.211. The number of benzene rings is 1.